The predicted octanol–water partition coefficient (Wildman–Crippen LogP) is 0.524. The van der Waals surface area contributed by atoms with E-state index in [1.807, 2.05) is 13.8 Å². The van der Waals surface area contributed by atoms with Crippen molar-refractivity contribution < 1.29 is 9.90 Å². The third-order valence-electron chi connectivity index (χ3n) is 3.05. The van der Waals surface area contributed by atoms with Crippen LogP contribution in [0, 0.1) is 19.8 Å². The second kappa shape index (κ2) is 6.47. The summed E-state index contributed by atoms with van der Waals surface area (Å²) in [5.41, 5.74) is 0.635. The van der Waals surface area contributed by atoms with Crippen LogP contribution in [0.1, 0.15) is 42.1 Å². The maximum atomic E-state index is 11.8. The molecule has 1 aromatic heterocycles. The van der Waals surface area contributed by atoms with Crippen LogP contribution < -0.4 is 10.9 Å². The zero-order valence-corrected chi connectivity index (χ0v) is 11.8. The van der Waals surface area contributed by atoms with E-state index >= 15 is 0 Å². The average Bonchev–Trinajstić information content (AvgIpc) is 2.33. The summed E-state index contributed by atoms with van der Waals surface area (Å²) in [5.74, 6) is -0.375. The van der Waals surface area contributed by atoms with Crippen LogP contribution in [0.5, 0.6) is 0 Å². The second-order valence-electron chi connectivity index (χ2n) is 4.98. The van der Waals surface area contributed by atoms with Crippen LogP contribution >= 0.6 is 0 Å². The summed E-state index contributed by atoms with van der Waals surface area (Å²) in [5, 5.41) is 12.2. The molecule has 0 aromatic carbocycles. The Labute approximate surface area is 112 Å². The van der Waals surface area contributed by atoms with Gasteiger partial charge in [0.25, 0.3) is 11.5 Å². The number of amides is 1. The van der Waals surface area contributed by atoms with E-state index in [2.05, 4.69) is 15.3 Å². The van der Waals surface area contributed by atoms with Crippen molar-refractivity contribution in [2.75, 3.05) is 6.54 Å². The largest absolute Gasteiger partial charge is 0.393 e. The summed E-state index contributed by atoms with van der Waals surface area (Å²) in [6.07, 6.45) is -0.0158. The Balaban J connectivity index is 2.65. The Hall–Kier alpha value is -1.69. The number of carbonyl (C=O) groups is 1. The van der Waals surface area contributed by atoms with Gasteiger partial charge in [-0.1, -0.05) is 13.8 Å². The first-order valence-corrected chi connectivity index (χ1v) is 6.36. The maximum Gasteiger partial charge on any atom is 0.279 e. The third-order valence-corrected chi connectivity index (χ3v) is 3.05. The van der Waals surface area contributed by atoms with Crippen molar-refractivity contribution in [1.29, 1.82) is 0 Å². The second-order valence-corrected chi connectivity index (χ2v) is 4.98. The number of carbonyl (C=O) groups excluding carboxylic acids is 1. The molecule has 0 aliphatic rings. The number of rotatable bonds is 5. The van der Waals surface area contributed by atoms with Gasteiger partial charge in [0.05, 0.1) is 11.8 Å². The highest BCUT2D eigenvalue weighted by molar-refractivity contribution is 5.91. The molecular weight excluding hydrogens is 246 g/mol. The van der Waals surface area contributed by atoms with Crippen LogP contribution in [-0.4, -0.2) is 33.6 Å². The number of aryl methyl sites for hydroxylation is 2. The molecule has 0 fully saturated rings. The number of aromatic amines is 1. The zero-order chi connectivity index (χ0) is 14.6. The molecule has 1 amide bonds. The van der Waals surface area contributed by atoms with Gasteiger partial charge < -0.3 is 15.4 Å². The number of aromatic nitrogens is 2. The van der Waals surface area contributed by atoms with E-state index < -0.39 is 17.6 Å². The number of aliphatic hydroxyl groups excluding tert-OH is 1. The summed E-state index contributed by atoms with van der Waals surface area (Å²) in [6, 6.07) is 0. The van der Waals surface area contributed by atoms with Gasteiger partial charge >= 0.3 is 0 Å². The van der Waals surface area contributed by atoms with Crippen LogP contribution in [0.3, 0.4) is 0 Å². The average molecular weight is 267 g/mol. The summed E-state index contributed by atoms with van der Waals surface area (Å²) in [4.78, 5) is 30.0. The van der Waals surface area contributed by atoms with Gasteiger partial charge in [0.1, 0.15) is 0 Å². The molecule has 0 saturated heterocycles. The Morgan fingerprint density at radius 1 is 1.42 bits per heavy atom. The Bertz CT molecular complexity index is 508. The molecule has 3 N–H and O–H groups in total. The molecule has 6 nitrogen and oxygen atoms in total. The third kappa shape index (κ3) is 4.17. The fraction of sp³-hybridized carbons (Fsp3) is 0.615. The molecule has 0 saturated carbocycles. The molecule has 106 valence electrons. The minimum atomic E-state index is -0.514. The quantitative estimate of drug-likeness (QED) is 0.725. The maximum absolute atomic E-state index is 11.8. The van der Waals surface area contributed by atoms with Crippen LogP contribution in [0.2, 0.25) is 0 Å². The minimum Gasteiger partial charge on any atom is -0.393 e. The lowest BCUT2D eigenvalue weighted by atomic mass is 10.0. The fourth-order valence-corrected chi connectivity index (χ4v) is 1.53. The van der Waals surface area contributed by atoms with Crippen LogP contribution in [0.15, 0.2) is 4.79 Å². The monoisotopic (exact) mass is 267 g/mol. The van der Waals surface area contributed by atoms with Crippen LogP contribution in [-0.2, 0) is 0 Å². The van der Waals surface area contributed by atoms with E-state index in [0.717, 1.165) is 0 Å². The van der Waals surface area contributed by atoms with Gasteiger partial charge in [-0.15, -0.1) is 0 Å². The van der Waals surface area contributed by atoms with Gasteiger partial charge in [0.2, 0.25) is 0 Å². The SMILES string of the molecule is Cc1nc(C(=O)NCCC(O)C(C)C)c(=O)[nH]c1C. The van der Waals surface area contributed by atoms with Crippen molar-refractivity contribution in [3.63, 3.8) is 0 Å². The van der Waals surface area contributed by atoms with Gasteiger partial charge in [-0.3, -0.25) is 9.59 Å². The number of H-pyrrole nitrogens is 1. The highest BCUT2D eigenvalue weighted by Gasteiger charge is 2.15. The number of hydrogen-bond donors (Lipinski definition) is 3. The number of aliphatic hydroxyl groups is 1. The Morgan fingerprint density at radius 3 is 2.63 bits per heavy atom. The van der Waals surface area contributed by atoms with E-state index in [9.17, 15) is 14.7 Å². The smallest absolute Gasteiger partial charge is 0.279 e. The molecule has 1 heterocycles. The van der Waals surface area contributed by atoms with Crippen LogP contribution in [0.4, 0.5) is 0 Å². The van der Waals surface area contributed by atoms with Crippen molar-refractivity contribution in [3.8, 4) is 0 Å². The molecule has 6 heteroatoms. The van der Waals surface area contributed by atoms with Gasteiger partial charge in [-0.2, -0.15) is 0 Å². The van der Waals surface area contributed by atoms with Crippen molar-refractivity contribution in [1.82, 2.24) is 15.3 Å². The molecule has 1 unspecified atom stereocenters. The lowest BCUT2D eigenvalue weighted by Gasteiger charge is -2.14. The highest BCUT2D eigenvalue weighted by Crippen LogP contribution is 2.04. The summed E-state index contributed by atoms with van der Waals surface area (Å²) in [6.45, 7) is 7.57. The molecule has 19 heavy (non-hydrogen) atoms. The fourth-order valence-electron chi connectivity index (χ4n) is 1.53. The lowest BCUT2D eigenvalue weighted by Crippen LogP contribution is -2.34. The number of nitrogens with zero attached hydrogens (tertiary/aromatic N) is 1. The molecule has 0 radical (unpaired) electrons. The molecule has 0 aliphatic heterocycles. The molecular formula is C13H21N3O3. The van der Waals surface area contributed by atoms with Gasteiger partial charge in [-0.25, -0.2) is 4.98 Å². The molecule has 1 rings (SSSR count). The number of hydrogen-bond acceptors (Lipinski definition) is 4. The Morgan fingerprint density at radius 2 is 2.05 bits per heavy atom. The predicted molar refractivity (Wildman–Crippen MR) is 72.1 cm³/mol. The Kier molecular flexibility index (Phi) is 5.23. The topological polar surface area (TPSA) is 95.1 Å². The van der Waals surface area contributed by atoms with E-state index in [1.54, 1.807) is 13.8 Å². The molecule has 0 spiro atoms. The van der Waals surface area contributed by atoms with Gasteiger partial charge in [0, 0.05) is 12.2 Å². The first kappa shape index (κ1) is 15.4. The first-order chi connectivity index (χ1) is 8.82. The molecule has 0 aliphatic carbocycles. The van der Waals surface area contributed by atoms with Crippen LogP contribution in [0.25, 0.3) is 0 Å². The highest BCUT2D eigenvalue weighted by atomic mass is 16.3. The lowest BCUT2D eigenvalue weighted by molar-refractivity contribution is 0.0914. The molecule has 0 bridgehead atoms. The molecule has 1 aromatic rings. The minimum absolute atomic E-state index is 0.137. The van der Waals surface area contributed by atoms with Crippen molar-refractivity contribution >= 4 is 5.91 Å². The standard InChI is InChI=1S/C13H21N3O3/c1-7(2)10(17)5-6-14-12(18)11-13(19)16-9(4)8(3)15-11/h7,10,17H,5-6H2,1-4H3,(H,14,18)(H,16,19). The summed E-state index contributed by atoms with van der Waals surface area (Å²) >= 11 is 0. The van der Waals surface area contributed by atoms with Crippen molar-refractivity contribution in [2.45, 2.75) is 40.2 Å². The van der Waals surface area contributed by atoms with Gasteiger partial charge in [0.15, 0.2) is 5.69 Å². The van der Waals surface area contributed by atoms with Gasteiger partial charge in [-0.05, 0) is 26.2 Å². The van der Waals surface area contributed by atoms with Crippen molar-refractivity contribution in [3.05, 3.63) is 27.4 Å². The normalized spacial score (nSPS) is 12.5. The van der Waals surface area contributed by atoms with Crippen molar-refractivity contribution in [2.24, 2.45) is 5.92 Å². The van der Waals surface area contributed by atoms with E-state index in [4.69, 9.17) is 0 Å². The molecule has 1 atom stereocenters. The number of nitrogens with one attached hydrogen (secondary N) is 2. The zero-order valence-electron chi connectivity index (χ0n) is 11.8. The summed E-state index contributed by atoms with van der Waals surface area (Å²) < 4.78 is 0. The summed E-state index contributed by atoms with van der Waals surface area (Å²) in [7, 11) is 0. The first-order valence-electron chi connectivity index (χ1n) is 6.36. The van der Waals surface area contributed by atoms with E-state index in [0.29, 0.717) is 24.4 Å². The van der Waals surface area contributed by atoms with E-state index in [1.165, 1.54) is 0 Å². The van der Waals surface area contributed by atoms with E-state index in [-0.39, 0.29) is 11.6 Å².